The molecule has 1 aromatic carbocycles. The summed E-state index contributed by atoms with van der Waals surface area (Å²) < 4.78 is 0. The highest BCUT2D eigenvalue weighted by molar-refractivity contribution is 5.29. The van der Waals surface area contributed by atoms with Crippen molar-refractivity contribution < 1.29 is 0 Å². The van der Waals surface area contributed by atoms with Gasteiger partial charge in [0.25, 0.3) is 0 Å². The molecule has 0 heteroatoms. The Labute approximate surface area is 112 Å². The molecule has 0 heterocycles. The van der Waals surface area contributed by atoms with Crippen molar-refractivity contribution in [1.29, 1.82) is 0 Å². The van der Waals surface area contributed by atoms with Crippen LogP contribution in [0.25, 0.3) is 0 Å². The zero-order valence-corrected chi connectivity index (χ0v) is 11.8. The molecule has 98 valence electrons. The normalized spacial score (nSPS) is 25.9. The summed E-state index contributed by atoms with van der Waals surface area (Å²) in [6, 6.07) is 9.15. The first-order valence-corrected chi connectivity index (χ1v) is 7.91. The van der Waals surface area contributed by atoms with Crippen molar-refractivity contribution in [3.8, 4) is 0 Å². The Kier molecular flexibility index (Phi) is 3.46. The highest BCUT2D eigenvalue weighted by Gasteiger charge is 2.42. The molecule has 18 heavy (non-hydrogen) atoms. The molecule has 1 aromatic rings. The minimum Gasteiger partial charge on any atom is -0.0654 e. The first-order valence-electron chi connectivity index (χ1n) is 7.91. The van der Waals surface area contributed by atoms with E-state index in [1.165, 1.54) is 57.8 Å². The van der Waals surface area contributed by atoms with Crippen LogP contribution < -0.4 is 0 Å². The molecule has 0 bridgehead atoms. The number of fused-ring (bicyclic) bond motifs is 1. The van der Waals surface area contributed by atoms with Gasteiger partial charge < -0.3 is 0 Å². The molecule has 1 spiro atoms. The van der Waals surface area contributed by atoms with E-state index in [-0.39, 0.29) is 0 Å². The van der Waals surface area contributed by atoms with Crippen molar-refractivity contribution in [2.45, 2.75) is 64.7 Å². The number of aryl methyl sites for hydroxylation is 2. The van der Waals surface area contributed by atoms with Crippen molar-refractivity contribution in [3.63, 3.8) is 0 Å². The van der Waals surface area contributed by atoms with Crippen molar-refractivity contribution >= 4 is 0 Å². The van der Waals surface area contributed by atoms with Crippen LogP contribution in [0.15, 0.2) is 24.3 Å². The molecule has 1 saturated carbocycles. The lowest BCUT2D eigenvalue weighted by molar-refractivity contribution is 0.159. The van der Waals surface area contributed by atoms with Gasteiger partial charge in [0.15, 0.2) is 0 Å². The highest BCUT2D eigenvalue weighted by atomic mass is 14.5. The van der Waals surface area contributed by atoms with E-state index >= 15 is 0 Å². The van der Waals surface area contributed by atoms with Crippen LogP contribution in [0.4, 0.5) is 0 Å². The fourth-order valence-corrected chi connectivity index (χ4v) is 4.61. The maximum absolute atomic E-state index is 2.36. The number of hydrogen-bond donors (Lipinski definition) is 0. The number of hydrogen-bond acceptors (Lipinski definition) is 0. The topological polar surface area (TPSA) is 0 Å². The van der Waals surface area contributed by atoms with Gasteiger partial charge in [-0.05, 0) is 61.0 Å². The van der Waals surface area contributed by atoms with Crippen LogP contribution in [0.3, 0.4) is 0 Å². The van der Waals surface area contributed by atoms with Crippen LogP contribution in [0.5, 0.6) is 0 Å². The molecule has 0 saturated heterocycles. The molecule has 0 amide bonds. The summed E-state index contributed by atoms with van der Waals surface area (Å²) >= 11 is 0. The first kappa shape index (κ1) is 12.3. The molecule has 1 unspecified atom stereocenters. The van der Waals surface area contributed by atoms with Gasteiger partial charge in [-0.25, -0.2) is 0 Å². The van der Waals surface area contributed by atoms with Crippen LogP contribution in [-0.4, -0.2) is 0 Å². The Bertz CT molecular complexity index is 377. The molecule has 2 aliphatic rings. The predicted octanol–water partition coefficient (Wildman–Crippen LogP) is 5.15. The first-order chi connectivity index (χ1) is 8.84. The highest BCUT2D eigenvalue weighted by Crippen LogP contribution is 2.52. The van der Waals surface area contributed by atoms with Gasteiger partial charge in [0.2, 0.25) is 0 Å². The lowest BCUT2D eigenvalue weighted by Gasteiger charge is -2.35. The van der Waals surface area contributed by atoms with Crippen molar-refractivity contribution in [3.05, 3.63) is 35.4 Å². The van der Waals surface area contributed by atoms with E-state index in [9.17, 15) is 0 Å². The smallest absolute Gasteiger partial charge is 0.0263 e. The third-order valence-corrected chi connectivity index (χ3v) is 5.63. The number of rotatable bonds is 2. The Morgan fingerprint density at radius 3 is 2.33 bits per heavy atom. The van der Waals surface area contributed by atoms with E-state index in [0.717, 1.165) is 5.92 Å². The molecule has 3 rings (SSSR count). The molecule has 1 atom stereocenters. The average molecular weight is 242 g/mol. The summed E-state index contributed by atoms with van der Waals surface area (Å²) in [6.45, 7) is 2.36. The minimum absolute atomic E-state index is 0.703. The Morgan fingerprint density at radius 2 is 1.72 bits per heavy atom. The minimum atomic E-state index is 0.703. The second-order valence-corrected chi connectivity index (χ2v) is 6.51. The molecule has 0 aliphatic heterocycles. The Morgan fingerprint density at radius 1 is 1.06 bits per heavy atom. The van der Waals surface area contributed by atoms with Crippen molar-refractivity contribution in [2.75, 3.05) is 0 Å². The van der Waals surface area contributed by atoms with Gasteiger partial charge in [-0.2, -0.15) is 0 Å². The lowest BCUT2D eigenvalue weighted by atomic mass is 9.70. The third kappa shape index (κ3) is 2.11. The van der Waals surface area contributed by atoms with Crippen molar-refractivity contribution in [1.82, 2.24) is 0 Å². The predicted molar refractivity (Wildman–Crippen MR) is 77.8 cm³/mol. The van der Waals surface area contributed by atoms with Gasteiger partial charge in [-0.15, -0.1) is 0 Å². The zero-order chi connectivity index (χ0) is 12.4. The van der Waals surface area contributed by atoms with Crippen LogP contribution in [0.2, 0.25) is 0 Å². The largest absolute Gasteiger partial charge is 0.0654 e. The monoisotopic (exact) mass is 242 g/mol. The SMILES string of the molecule is CCCC1CCCC12CCc1ccccc1CC2. The van der Waals surface area contributed by atoms with Crippen LogP contribution in [0, 0.1) is 11.3 Å². The van der Waals surface area contributed by atoms with Crippen LogP contribution in [-0.2, 0) is 12.8 Å². The second-order valence-electron chi connectivity index (χ2n) is 6.51. The quantitative estimate of drug-likeness (QED) is 0.672. The van der Waals surface area contributed by atoms with Gasteiger partial charge in [0, 0.05) is 0 Å². The van der Waals surface area contributed by atoms with Gasteiger partial charge >= 0.3 is 0 Å². The molecule has 0 radical (unpaired) electrons. The summed E-state index contributed by atoms with van der Waals surface area (Å²) in [6.07, 6.45) is 12.9. The molecule has 1 fully saturated rings. The van der Waals surface area contributed by atoms with Crippen molar-refractivity contribution in [2.24, 2.45) is 11.3 Å². The maximum Gasteiger partial charge on any atom is -0.0263 e. The van der Waals surface area contributed by atoms with E-state index in [0.29, 0.717) is 5.41 Å². The Hall–Kier alpha value is -0.780. The van der Waals surface area contributed by atoms with Gasteiger partial charge in [-0.3, -0.25) is 0 Å². The summed E-state index contributed by atoms with van der Waals surface area (Å²) in [7, 11) is 0. The molecule has 0 aromatic heterocycles. The maximum atomic E-state index is 2.36. The molecule has 0 nitrogen and oxygen atoms in total. The summed E-state index contributed by atoms with van der Waals surface area (Å²) in [4.78, 5) is 0. The van der Waals surface area contributed by atoms with E-state index < -0.39 is 0 Å². The fourth-order valence-electron chi connectivity index (χ4n) is 4.61. The molecule has 0 N–H and O–H groups in total. The van der Waals surface area contributed by atoms with Gasteiger partial charge in [0.05, 0.1) is 0 Å². The zero-order valence-electron chi connectivity index (χ0n) is 11.8. The standard InChI is InChI=1S/C18H26/c1-2-6-17-9-5-12-18(17)13-10-15-7-3-4-8-16(15)11-14-18/h3-4,7-8,17H,2,5-6,9-14H2,1H3. The van der Waals surface area contributed by atoms with E-state index in [2.05, 4.69) is 31.2 Å². The lowest BCUT2D eigenvalue weighted by Crippen LogP contribution is -2.26. The molecular weight excluding hydrogens is 216 g/mol. The van der Waals surface area contributed by atoms with E-state index in [4.69, 9.17) is 0 Å². The van der Waals surface area contributed by atoms with Crippen LogP contribution in [0.1, 0.15) is 63.0 Å². The van der Waals surface area contributed by atoms with Crippen LogP contribution >= 0.6 is 0 Å². The summed E-state index contributed by atoms with van der Waals surface area (Å²) in [5, 5.41) is 0. The summed E-state index contributed by atoms with van der Waals surface area (Å²) in [5.41, 5.74) is 3.97. The van der Waals surface area contributed by atoms with Gasteiger partial charge in [0.1, 0.15) is 0 Å². The van der Waals surface area contributed by atoms with E-state index in [1.54, 1.807) is 11.1 Å². The van der Waals surface area contributed by atoms with E-state index in [1.807, 2.05) is 0 Å². The second kappa shape index (κ2) is 5.07. The Balaban J connectivity index is 1.81. The number of benzene rings is 1. The third-order valence-electron chi connectivity index (χ3n) is 5.63. The summed E-state index contributed by atoms with van der Waals surface area (Å²) in [5.74, 6) is 1.02. The van der Waals surface area contributed by atoms with Gasteiger partial charge in [-0.1, -0.05) is 50.5 Å². The molecule has 2 aliphatic carbocycles. The fraction of sp³-hybridized carbons (Fsp3) is 0.667. The average Bonchev–Trinajstić information content (AvgIpc) is 2.68. The molecular formula is C18H26.